The van der Waals surface area contributed by atoms with Gasteiger partial charge in [0.2, 0.25) is 15.9 Å². The van der Waals surface area contributed by atoms with E-state index >= 15 is 0 Å². The molecule has 128 valence electrons. The first kappa shape index (κ1) is 18.6. The van der Waals surface area contributed by atoms with Crippen LogP contribution in [-0.4, -0.2) is 21.4 Å². The van der Waals surface area contributed by atoms with Crippen molar-refractivity contribution in [3.05, 3.63) is 58.1 Å². The molecule has 2 aromatic rings. The van der Waals surface area contributed by atoms with Crippen molar-refractivity contribution in [3.63, 3.8) is 0 Å². The van der Waals surface area contributed by atoms with Crippen LogP contribution in [0.4, 0.5) is 5.69 Å². The van der Waals surface area contributed by atoms with Gasteiger partial charge in [0.25, 0.3) is 0 Å². The number of carbonyl (C=O) groups is 1. The van der Waals surface area contributed by atoms with Gasteiger partial charge in [-0.3, -0.25) is 4.79 Å². The lowest BCUT2D eigenvalue weighted by molar-refractivity contribution is -0.116. The van der Waals surface area contributed by atoms with Gasteiger partial charge >= 0.3 is 0 Å². The number of rotatable bonds is 6. The summed E-state index contributed by atoms with van der Waals surface area (Å²) in [7, 11) is -2.06. The highest BCUT2D eigenvalue weighted by atomic mass is 79.9. The molecule has 0 saturated heterocycles. The van der Waals surface area contributed by atoms with Crippen molar-refractivity contribution >= 4 is 37.5 Å². The molecule has 2 N–H and O–H groups in total. The maximum atomic E-state index is 12.1. The van der Waals surface area contributed by atoms with Crippen molar-refractivity contribution in [2.45, 2.75) is 24.7 Å². The Morgan fingerprint density at radius 1 is 1.12 bits per heavy atom. The lowest BCUT2D eigenvalue weighted by Gasteiger charge is -2.09. The fourth-order valence-corrected chi connectivity index (χ4v) is 3.40. The van der Waals surface area contributed by atoms with Crippen molar-refractivity contribution in [3.8, 4) is 0 Å². The van der Waals surface area contributed by atoms with E-state index in [1.165, 1.54) is 19.2 Å². The third-order valence-electron chi connectivity index (χ3n) is 3.61. The predicted octanol–water partition coefficient (Wildman–Crippen LogP) is 3.24. The highest BCUT2D eigenvalue weighted by molar-refractivity contribution is 9.10. The number of amides is 1. The number of hydrogen-bond donors (Lipinski definition) is 2. The highest BCUT2D eigenvalue weighted by Crippen LogP contribution is 2.20. The molecule has 0 unspecified atom stereocenters. The third-order valence-corrected chi connectivity index (χ3v) is 5.53. The Balaban J connectivity index is 1.94. The lowest BCUT2D eigenvalue weighted by atomic mass is 10.1. The van der Waals surface area contributed by atoms with Crippen LogP contribution >= 0.6 is 15.9 Å². The molecule has 24 heavy (non-hydrogen) atoms. The monoisotopic (exact) mass is 410 g/mol. The van der Waals surface area contributed by atoms with E-state index in [-0.39, 0.29) is 10.8 Å². The molecule has 0 aromatic heterocycles. The number of benzene rings is 2. The molecule has 0 aliphatic rings. The van der Waals surface area contributed by atoms with Crippen molar-refractivity contribution in [1.29, 1.82) is 0 Å². The minimum Gasteiger partial charge on any atom is -0.326 e. The quantitative estimate of drug-likeness (QED) is 0.767. The Morgan fingerprint density at radius 3 is 2.38 bits per heavy atom. The summed E-state index contributed by atoms with van der Waals surface area (Å²) in [6.07, 6.45) is 0.870. The number of sulfonamides is 1. The van der Waals surface area contributed by atoms with Gasteiger partial charge in [-0.2, -0.15) is 0 Å². The second-order valence-electron chi connectivity index (χ2n) is 5.36. The zero-order valence-corrected chi connectivity index (χ0v) is 15.9. The van der Waals surface area contributed by atoms with E-state index in [0.29, 0.717) is 12.8 Å². The van der Waals surface area contributed by atoms with Crippen LogP contribution in [-0.2, 0) is 21.2 Å². The van der Waals surface area contributed by atoms with Crippen LogP contribution in [0.15, 0.2) is 51.8 Å². The molecule has 0 fully saturated rings. The van der Waals surface area contributed by atoms with Crippen molar-refractivity contribution < 1.29 is 13.2 Å². The van der Waals surface area contributed by atoms with Gasteiger partial charge in [-0.25, -0.2) is 13.1 Å². The van der Waals surface area contributed by atoms with Gasteiger partial charge in [0.05, 0.1) is 4.90 Å². The van der Waals surface area contributed by atoms with Gasteiger partial charge in [-0.15, -0.1) is 0 Å². The standard InChI is InChI=1S/C17H19BrN2O3S/c1-12-11-14(18)6-9-16(12)20-17(21)10-5-13-3-7-15(8-4-13)24(22,23)19-2/h3-4,6-9,11,19H,5,10H2,1-2H3,(H,20,21). The zero-order chi connectivity index (χ0) is 17.7. The molecule has 2 aromatic carbocycles. The van der Waals surface area contributed by atoms with E-state index in [1.807, 2.05) is 25.1 Å². The van der Waals surface area contributed by atoms with E-state index < -0.39 is 10.0 Å². The van der Waals surface area contributed by atoms with E-state index in [4.69, 9.17) is 0 Å². The van der Waals surface area contributed by atoms with Crippen LogP contribution in [0.1, 0.15) is 17.5 Å². The Morgan fingerprint density at radius 2 is 1.79 bits per heavy atom. The molecule has 0 spiro atoms. The van der Waals surface area contributed by atoms with Crippen LogP contribution < -0.4 is 10.0 Å². The maximum Gasteiger partial charge on any atom is 0.240 e. The minimum absolute atomic E-state index is 0.0765. The smallest absolute Gasteiger partial charge is 0.240 e. The first-order valence-electron chi connectivity index (χ1n) is 7.40. The summed E-state index contributed by atoms with van der Waals surface area (Å²) in [5.74, 6) is -0.0765. The van der Waals surface area contributed by atoms with E-state index in [0.717, 1.165) is 21.3 Å². The first-order valence-corrected chi connectivity index (χ1v) is 9.68. The van der Waals surface area contributed by atoms with Crippen LogP contribution in [0.3, 0.4) is 0 Å². The number of hydrogen-bond acceptors (Lipinski definition) is 3. The van der Waals surface area contributed by atoms with E-state index in [2.05, 4.69) is 26.0 Å². The summed E-state index contributed by atoms with van der Waals surface area (Å²) in [5.41, 5.74) is 2.69. The summed E-state index contributed by atoms with van der Waals surface area (Å²) in [6, 6.07) is 12.2. The molecule has 0 bridgehead atoms. The van der Waals surface area contributed by atoms with Gasteiger partial charge in [0, 0.05) is 16.6 Å². The molecular formula is C17H19BrN2O3S. The second kappa shape index (κ2) is 7.92. The minimum atomic E-state index is -3.43. The van der Waals surface area contributed by atoms with Crippen LogP contribution in [0.5, 0.6) is 0 Å². The van der Waals surface area contributed by atoms with E-state index in [1.54, 1.807) is 12.1 Å². The largest absolute Gasteiger partial charge is 0.326 e. The number of nitrogens with one attached hydrogen (secondary N) is 2. The predicted molar refractivity (Wildman–Crippen MR) is 98.5 cm³/mol. The summed E-state index contributed by atoms with van der Waals surface area (Å²) in [4.78, 5) is 12.3. The van der Waals surface area contributed by atoms with Gasteiger partial charge in [-0.1, -0.05) is 28.1 Å². The fraction of sp³-hybridized carbons (Fsp3) is 0.235. The van der Waals surface area contributed by atoms with Gasteiger partial charge in [0.15, 0.2) is 0 Å². The van der Waals surface area contributed by atoms with Crippen molar-refractivity contribution in [2.24, 2.45) is 0 Å². The summed E-state index contributed by atoms with van der Waals surface area (Å²) in [6.45, 7) is 1.93. The SMILES string of the molecule is CNS(=O)(=O)c1ccc(CCC(=O)Nc2ccc(Br)cc2C)cc1. The normalized spacial score (nSPS) is 11.3. The zero-order valence-electron chi connectivity index (χ0n) is 13.5. The van der Waals surface area contributed by atoms with E-state index in [9.17, 15) is 13.2 Å². The Kier molecular flexibility index (Phi) is 6.15. The second-order valence-corrected chi connectivity index (χ2v) is 8.16. The number of aryl methyl sites for hydroxylation is 2. The first-order chi connectivity index (χ1) is 11.3. The van der Waals surface area contributed by atoms with Crippen LogP contribution in [0.25, 0.3) is 0 Å². The van der Waals surface area contributed by atoms with Gasteiger partial charge in [-0.05, 0) is 61.9 Å². The van der Waals surface area contributed by atoms with Crippen LogP contribution in [0.2, 0.25) is 0 Å². The van der Waals surface area contributed by atoms with Crippen molar-refractivity contribution in [1.82, 2.24) is 4.72 Å². The average molecular weight is 411 g/mol. The Labute approximate surface area is 150 Å². The molecule has 1 amide bonds. The average Bonchev–Trinajstić information content (AvgIpc) is 2.56. The third kappa shape index (κ3) is 4.90. The molecule has 0 heterocycles. The number of halogens is 1. The molecule has 0 saturated carbocycles. The highest BCUT2D eigenvalue weighted by Gasteiger charge is 2.11. The molecule has 2 rings (SSSR count). The molecule has 0 atom stereocenters. The fourth-order valence-electron chi connectivity index (χ4n) is 2.19. The molecule has 0 aliphatic carbocycles. The molecular weight excluding hydrogens is 392 g/mol. The Bertz CT molecular complexity index is 833. The summed E-state index contributed by atoms with van der Waals surface area (Å²) >= 11 is 3.39. The topological polar surface area (TPSA) is 75.3 Å². The lowest BCUT2D eigenvalue weighted by Crippen LogP contribution is -2.18. The molecule has 7 heteroatoms. The molecule has 0 aliphatic heterocycles. The Hall–Kier alpha value is -1.70. The molecule has 0 radical (unpaired) electrons. The summed E-state index contributed by atoms with van der Waals surface area (Å²) in [5, 5.41) is 2.89. The molecule has 5 nitrogen and oxygen atoms in total. The van der Waals surface area contributed by atoms with Gasteiger partial charge < -0.3 is 5.32 Å². The number of carbonyl (C=O) groups excluding carboxylic acids is 1. The van der Waals surface area contributed by atoms with Crippen LogP contribution in [0, 0.1) is 6.92 Å². The summed E-state index contributed by atoms with van der Waals surface area (Å²) < 4.78 is 26.6. The number of anilines is 1. The van der Waals surface area contributed by atoms with Gasteiger partial charge in [0.1, 0.15) is 0 Å². The maximum absolute atomic E-state index is 12.1. The van der Waals surface area contributed by atoms with Crippen molar-refractivity contribution in [2.75, 3.05) is 12.4 Å².